The maximum absolute atomic E-state index is 12.4. The summed E-state index contributed by atoms with van der Waals surface area (Å²) in [6, 6.07) is 4.84. The van der Waals surface area contributed by atoms with Gasteiger partial charge in [0, 0.05) is 22.1 Å². The Labute approximate surface area is 156 Å². The van der Waals surface area contributed by atoms with Crippen LogP contribution in [-0.4, -0.2) is 34.9 Å². The lowest BCUT2D eigenvalue weighted by Crippen LogP contribution is -2.12. The highest BCUT2D eigenvalue weighted by atomic mass is 35.5. The number of hydrogen-bond acceptors (Lipinski definition) is 5. The molecule has 132 valence electrons. The highest BCUT2D eigenvalue weighted by Gasteiger charge is 2.36. The van der Waals surface area contributed by atoms with Crippen molar-refractivity contribution in [1.82, 2.24) is 4.57 Å². The maximum Gasteiger partial charge on any atom is 0.340 e. The molecular formula is C16H13Cl2NO5S. The van der Waals surface area contributed by atoms with Crippen LogP contribution in [0.5, 0.6) is 0 Å². The SMILES string of the molecule is COC(=O)c1c(C(=O)OC)c(-c2ccc(Cl)c(Cl)c2)n2c1C[S@](=O)C2. The molecule has 1 aromatic heterocycles. The largest absolute Gasteiger partial charge is 0.465 e. The van der Waals surface area contributed by atoms with Crippen molar-refractivity contribution in [3.8, 4) is 11.3 Å². The number of carbonyl (C=O) groups excluding carboxylic acids is 2. The number of nitrogens with zero attached hydrogens (tertiary/aromatic N) is 1. The van der Waals surface area contributed by atoms with Gasteiger partial charge >= 0.3 is 11.9 Å². The van der Waals surface area contributed by atoms with Crippen molar-refractivity contribution >= 4 is 45.9 Å². The van der Waals surface area contributed by atoms with E-state index >= 15 is 0 Å². The fourth-order valence-corrected chi connectivity index (χ4v) is 4.44. The summed E-state index contributed by atoms with van der Waals surface area (Å²) in [5.74, 6) is -1.06. The zero-order valence-corrected chi connectivity index (χ0v) is 15.6. The van der Waals surface area contributed by atoms with Gasteiger partial charge in [-0.1, -0.05) is 29.3 Å². The number of aromatic nitrogens is 1. The first-order chi connectivity index (χ1) is 11.9. The van der Waals surface area contributed by atoms with E-state index in [9.17, 15) is 13.8 Å². The van der Waals surface area contributed by atoms with Crippen molar-refractivity contribution in [2.45, 2.75) is 11.6 Å². The van der Waals surface area contributed by atoms with Crippen molar-refractivity contribution in [3.05, 3.63) is 45.1 Å². The number of halogens is 2. The smallest absolute Gasteiger partial charge is 0.340 e. The number of hydrogen-bond donors (Lipinski definition) is 0. The van der Waals surface area contributed by atoms with Crippen LogP contribution in [0.25, 0.3) is 11.3 Å². The van der Waals surface area contributed by atoms with Crippen LogP contribution in [-0.2, 0) is 31.9 Å². The Hall–Kier alpha value is -1.83. The Morgan fingerprint density at radius 1 is 1.08 bits per heavy atom. The average molecular weight is 402 g/mol. The summed E-state index contributed by atoms with van der Waals surface area (Å²) >= 11 is 12.1. The molecule has 0 amide bonds. The van der Waals surface area contributed by atoms with E-state index in [2.05, 4.69) is 0 Å². The number of rotatable bonds is 3. The van der Waals surface area contributed by atoms with Gasteiger partial charge in [-0.2, -0.15) is 0 Å². The number of benzene rings is 1. The fraction of sp³-hybridized carbons (Fsp3) is 0.250. The normalized spacial score (nSPS) is 15.8. The van der Waals surface area contributed by atoms with Crippen molar-refractivity contribution < 1.29 is 23.3 Å². The minimum atomic E-state index is -1.19. The second-order valence-corrected chi connectivity index (χ2v) is 7.54. The van der Waals surface area contributed by atoms with Gasteiger partial charge in [0.2, 0.25) is 0 Å². The highest BCUT2D eigenvalue weighted by Crippen LogP contribution is 2.38. The lowest BCUT2D eigenvalue weighted by atomic mass is 10.0. The van der Waals surface area contributed by atoms with Crippen molar-refractivity contribution in [3.63, 3.8) is 0 Å². The first-order valence-corrected chi connectivity index (χ1v) is 9.35. The molecule has 1 aliphatic heterocycles. The summed E-state index contributed by atoms with van der Waals surface area (Å²) in [6.07, 6.45) is 0. The third kappa shape index (κ3) is 2.96. The summed E-state index contributed by atoms with van der Waals surface area (Å²) in [7, 11) is 1.26. The molecule has 2 heterocycles. The molecule has 2 aromatic rings. The molecule has 6 nitrogen and oxygen atoms in total. The van der Waals surface area contributed by atoms with Crippen LogP contribution in [0.3, 0.4) is 0 Å². The van der Waals surface area contributed by atoms with Crippen LogP contribution in [0.1, 0.15) is 26.4 Å². The summed E-state index contributed by atoms with van der Waals surface area (Å²) in [5.41, 5.74) is 1.59. The number of ether oxygens (including phenoxy) is 2. The second kappa shape index (κ2) is 6.82. The van der Waals surface area contributed by atoms with Crippen LogP contribution in [0.2, 0.25) is 10.0 Å². The van der Waals surface area contributed by atoms with Gasteiger partial charge in [0.15, 0.2) is 0 Å². The molecule has 25 heavy (non-hydrogen) atoms. The molecule has 0 bridgehead atoms. The summed E-state index contributed by atoms with van der Waals surface area (Å²) in [4.78, 5) is 24.7. The van der Waals surface area contributed by atoms with Crippen molar-refractivity contribution in [1.29, 1.82) is 0 Å². The van der Waals surface area contributed by atoms with Crippen LogP contribution < -0.4 is 0 Å². The molecule has 3 rings (SSSR count). The topological polar surface area (TPSA) is 74.6 Å². The van der Waals surface area contributed by atoms with Gasteiger partial charge in [-0.3, -0.25) is 4.21 Å². The Morgan fingerprint density at radius 2 is 1.72 bits per heavy atom. The molecule has 9 heteroatoms. The molecule has 0 unspecified atom stereocenters. The van der Waals surface area contributed by atoms with Crippen molar-refractivity contribution in [2.75, 3.05) is 14.2 Å². The van der Waals surface area contributed by atoms with E-state index in [1.807, 2.05) is 0 Å². The Bertz CT molecular complexity index is 922. The van der Waals surface area contributed by atoms with E-state index in [4.69, 9.17) is 32.7 Å². The van der Waals surface area contributed by atoms with E-state index in [-0.39, 0.29) is 22.8 Å². The van der Waals surface area contributed by atoms with Gasteiger partial charge in [-0.05, 0) is 12.1 Å². The first kappa shape index (κ1) is 18.0. The third-order valence-corrected chi connectivity index (χ3v) is 5.79. The molecule has 1 aliphatic rings. The van der Waals surface area contributed by atoms with E-state index in [0.717, 1.165) is 0 Å². The predicted octanol–water partition coefficient (Wildman–Crippen LogP) is 3.25. The Kier molecular flexibility index (Phi) is 4.90. The number of esters is 2. The molecule has 1 aromatic carbocycles. The lowest BCUT2D eigenvalue weighted by molar-refractivity contribution is 0.0556. The molecular weight excluding hydrogens is 389 g/mol. The van der Waals surface area contributed by atoms with Gasteiger partial charge in [0.1, 0.15) is 5.56 Å². The van der Waals surface area contributed by atoms with Crippen LogP contribution >= 0.6 is 23.2 Å². The number of methoxy groups -OCH3 is 2. The molecule has 1 atom stereocenters. The third-order valence-electron chi connectivity index (χ3n) is 3.91. The zero-order chi connectivity index (χ0) is 18.3. The monoisotopic (exact) mass is 401 g/mol. The number of carbonyl (C=O) groups is 2. The molecule has 0 saturated heterocycles. The zero-order valence-electron chi connectivity index (χ0n) is 13.3. The number of fused-ring (bicyclic) bond motifs is 1. The van der Waals surface area contributed by atoms with Crippen LogP contribution in [0.4, 0.5) is 0 Å². The summed E-state index contributed by atoms with van der Waals surface area (Å²) < 4.78 is 23.4. The lowest BCUT2D eigenvalue weighted by Gasteiger charge is -2.10. The first-order valence-electron chi connectivity index (χ1n) is 7.11. The van der Waals surface area contributed by atoms with Gasteiger partial charge in [-0.25, -0.2) is 9.59 Å². The van der Waals surface area contributed by atoms with Crippen LogP contribution in [0.15, 0.2) is 18.2 Å². The minimum Gasteiger partial charge on any atom is -0.465 e. The van der Waals surface area contributed by atoms with Gasteiger partial charge in [0.25, 0.3) is 0 Å². The van der Waals surface area contributed by atoms with E-state index in [0.29, 0.717) is 27.0 Å². The molecule has 0 saturated carbocycles. The maximum atomic E-state index is 12.4. The van der Waals surface area contributed by atoms with E-state index in [1.54, 1.807) is 22.8 Å². The molecule has 0 N–H and O–H groups in total. The average Bonchev–Trinajstić information content (AvgIpc) is 3.10. The van der Waals surface area contributed by atoms with Crippen molar-refractivity contribution in [2.24, 2.45) is 0 Å². The fourth-order valence-electron chi connectivity index (χ4n) is 2.87. The molecule has 0 fully saturated rings. The minimum absolute atomic E-state index is 0.0689. The second-order valence-electron chi connectivity index (χ2n) is 5.30. The predicted molar refractivity (Wildman–Crippen MR) is 94.4 cm³/mol. The highest BCUT2D eigenvalue weighted by molar-refractivity contribution is 7.83. The molecule has 0 spiro atoms. The molecule has 0 radical (unpaired) electrons. The van der Waals surface area contributed by atoms with Crippen LogP contribution in [0, 0.1) is 0 Å². The summed E-state index contributed by atoms with van der Waals surface area (Å²) in [5, 5.41) is 0.652. The molecule has 0 aliphatic carbocycles. The van der Waals surface area contributed by atoms with E-state index in [1.165, 1.54) is 14.2 Å². The van der Waals surface area contributed by atoms with E-state index < -0.39 is 22.7 Å². The quantitative estimate of drug-likeness (QED) is 0.737. The Balaban J connectivity index is 2.37. The van der Waals surface area contributed by atoms with Gasteiger partial charge in [0.05, 0.1) is 47.2 Å². The standard InChI is InChI=1S/C16H13Cl2NO5S/c1-23-15(20)12-11-6-25(22)7-19(11)14(13(12)16(21)24-2)8-3-4-9(17)10(18)5-8/h3-5H,6-7H2,1-2H3/t25-/m0/s1. The van der Waals surface area contributed by atoms with Gasteiger partial charge < -0.3 is 14.0 Å². The van der Waals surface area contributed by atoms with Gasteiger partial charge in [-0.15, -0.1) is 0 Å². The Morgan fingerprint density at radius 3 is 2.32 bits per heavy atom. The summed E-state index contributed by atoms with van der Waals surface area (Å²) in [6.45, 7) is 0.